The summed E-state index contributed by atoms with van der Waals surface area (Å²) in [6.45, 7) is 8.97. The van der Waals surface area contributed by atoms with Crippen molar-refractivity contribution in [3.63, 3.8) is 0 Å². The molecule has 2 saturated carbocycles. The van der Waals surface area contributed by atoms with Gasteiger partial charge in [-0.2, -0.15) is 0 Å². The fourth-order valence-corrected chi connectivity index (χ4v) is 6.78. The van der Waals surface area contributed by atoms with Gasteiger partial charge in [0.2, 0.25) is 5.91 Å². The molecule has 0 aromatic carbocycles. The van der Waals surface area contributed by atoms with E-state index in [4.69, 9.17) is 9.47 Å². The van der Waals surface area contributed by atoms with E-state index < -0.39 is 5.60 Å². The van der Waals surface area contributed by atoms with E-state index in [1.54, 1.807) is 6.92 Å². The van der Waals surface area contributed by atoms with Crippen molar-refractivity contribution in [2.75, 3.05) is 19.8 Å². The fourth-order valence-electron chi connectivity index (χ4n) is 6.78. The Morgan fingerprint density at radius 2 is 1.68 bits per heavy atom. The van der Waals surface area contributed by atoms with Gasteiger partial charge in [0.1, 0.15) is 5.60 Å². The highest BCUT2D eigenvalue weighted by Gasteiger charge is 2.49. The Balaban J connectivity index is 1.44. The molecule has 2 amide bonds. The molecule has 2 heterocycles. The summed E-state index contributed by atoms with van der Waals surface area (Å²) in [5.74, 6) is 1.66. The normalized spacial score (nSPS) is 37.7. The number of fused-ring (bicyclic) bond motifs is 1. The van der Waals surface area contributed by atoms with Crippen LogP contribution in [-0.2, 0) is 14.3 Å². The Labute approximate surface area is 186 Å². The quantitative estimate of drug-likeness (QED) is 0.735. The van der Waals surface area contributed by atoms with Gasteiger partial charge < -0.3 is 24.4 Å². The van der Waals surface area contributed by atoms with Gasteiger partial charge in [-0.3, -0.25) is 4.79 Å². The number of amides is 2. The zero-order chi connectivity index (χ0) is 22.3. The van der Waals surface area contributed by atoms with Crippen LogP contribution in [-0.4, -0.2) is 76.5 Å². The first-order chi connectivity index (χ1) is 14.7. The van der Waals surface area contributed by atoms with Crippen LogP contribution in [0.4, 0.5) is 4.79 Å². The van der Waals surface area contributed by atoms with Gasteiger partial charge in [0, 0.05) is 19.5 Å². The van der Waals surface area contributed by atoms with E-state index in [1.165, 1.54) is 0 Å². The van der Waals surface area contributed by atoms with Crippen LogP contribution >= 0.6 is 0 Å². The van der Waals surface area contributed by atoms with Gasteiger partial charge in [-0.25, -0.2) is 4.79 Å². The summed E-state index contributed by atoms with van der Waals surface area (Å²) in [5.41, 5.74) is -0.596. The minimum Gasteiger partial charge on any atom is -0.447 e. The van der Waals surface area contributed by atoms with Crippen LogP contribution in [0.5, 0.6) is 0 Å². The maximum Gasteiger partial charge on any atom is 0.410 e. The first-order valence-corrected chi connectivity index (χ1v) is 12.3. The van der Waals surface area contributed by atoms with E-state index in [1.807, 2.05) is 30.6 Å². The SMILES string of the molecule is CC(=O)N1C2CCC(C3CCC(C4(O)COC4)CC3)CC2N(C(=O)OC(C)C)C[C@@H]1C. The highest BCUT2D eigenvalue weighted by Crippen LogP contribution is 2.46. The summed E-state index contributed by atoms with van der Waals surface area (Å²) < 4.78 is 10.8. The molecule has 4 aliphatic rings. The lowest BCUT2D eigenvalue weighted by Crippen LogP contribution is -2.67. The number of nitrogens with zero attached hydrogens (tertiary/aromatic N) is 2. The smallest absolute Gasteiger partial charge is 0.410 e. The lowest BCUT2D eigenvalue weighted by atomic mass is 9.65. The molecule has 4 rings (SSSR count). The van der Waals surface area contributed by atoms with Crippen LogP contribution in [0.1, 0.15) is 72.6 Å². The maximum absolute atomic E-state index is 12.9. The first-order valence-electron chi connectivity index (χ1n) is 12.3. The number of ether oxygens (including phenoxy) is 2. The average molecular weight is 437 g/mol. The highest BCUT2D eigenvalue weighted by atomic mass is 16.6. The van der Waals surface area contributed by atoms with E-state index in [0.29, 0.717) is 37.5 Å². The molecule has 2 saturated heterocycles. The van der Waals surface area contributed by atoms with Crippen molar-refractivity contribution in [1.29, 1.82) is 0 Å². The van der Waals surface area contributed by atoms with Crippen molar-refractivity contribution in [3.8, 4) is 0 Å². The lowest BCUT2D eigenvalue weighted by molar-refractivity contribution is -0.214. The van der Waals surface area contributed by atoms with E-state index in [9.17, 15) is 14.7 Å². The van der Waals surface area contributed by atoms with Crippen LogP contribution in [0.25, 0.3) is 0 Å². The number of hydrogen-bond acceptors (Lipinski definition) is 5. The monoisotopic (exact) mass is 436 g/mol. The third kappa shape index (κ3) is 4.45. The third-order valence-corrected chi connectivity index (χ3v) is 8.35. The molecule has 7 nitrogen and oxygen atoms in total. The van der Waals surface area contributed by atoms with Crippen LogP contribution in [0, 0.1) is 17.8 Å². The molecule has 0 radical (unpaired) electrons. The third-order valence-electron chi connectivity index (χ3n) is 8.35. The van der Waals surface area contributed by atoms with Crippen molar-refractivity contribution in [2.45, 2.75) is 102 Å². The molecule has 2 aliphatic heterocycles. The Morgan fingerprint density at radius 3 is 2.23 bits per heavy atom. The second-order valence-electron chi connectivity index (χ2n) is 10.8. The summed E-state index contributed by atoms with van der Waals surface area (Å²) in [6.07, 6.45) is 7.00. The van der Waals surface area contributed by atoms with Crippen LogP contribution in [0.15, 0.2) is 0 Å². The number of carbonyl (C=O) groups excluding carboxylic acids is 2. The molecule has 0 bridgehead atoms. The zero-order valence-corrected chi connectivity index (χ0v) is 19.6. The minimum absolute atomic E-state index is 0.0101. The Hall–Kier alpha value is -1.34. The largest absolute Gasteiger partial charge is 0.447 e. The Morgan fingerprint density at radius 1 is 1.03 bits per heavy atom. The fraction of sp³-hybridized carbons (Fsp3) is 0.917. The summed E-state index contributed by atoms with van der Waals surface area (Å²) in [4.78, 5) is 29.3. The molecule has 4 fully saturated rings. The Kier molecular flexibility index (Phi) is 6.55. The van der Waals surface area contributed by atoms with E-state index >= 15 is 0 Å². The Bertz CT molecular complexity index is 671. The molecule has 0 spiro atoms. The van der Waals surface area contributed by atoms with Crippen LogP contribution < -0.4 is 0 Å². The molecule has 1 N–H and O–H groups in total. The molecule has 4 atom stereocenters. The van der Waals surface area contributed by atoms with Gasteiger partial charge in [-0.05, 0) is 83.5 Å². The predicted octanol–water partition coefficient (Wildman–Crippen LogP) is 3.19. The predicted molar refractivity (Wildman–Crippen MR) is 116 cm³/mol. The van der Waals surface area contributed by atoms with Crippen molar-refractivity contribution < 1.29 is 24.2 Å². The number of aliphatic hydroxyl groups is 1. The number of piperazine rings is 1. The number of hydrogen-bond donors (Lipinski definition) is 1. The first kappa shape index (κ1) is 22.8. The molecule has 7 heteroatoms. The molecule has 176 valence electrons. The molecule has 0 aromatic rings. The molecule has 0 aromatic heterocycles. The summed E-state index contributed by atoms with van der Waals surface area (Å²) >= 11 is 0. The van der Waals surface area contributed by atoms with Gasteiger partial charge >= 0.3 is 6.09 Å². The summed E-state index contributed by atoms with van der Waals surface area (Å²) in [6, 6.07) is 0.129. The summed E-state index contributed by atoms with van der Waals surface area (Å²) in [5, 5.41) is 10.6. The van der Waals surface area contributed by atoms with Crippen molar-refractivity contribution in [2.24, 2.45) is 17.8 Å². The number of rotatable bonds is 3. The number of carbonyl (C=O) groups is 2. The van der Waals surface area contributed by atoms with Gasteiger partial charge in [-0.1, -0.05) is 0 Å². The van der Waals surface area contributed by atoms with Crippen molar-refractivity contribution in [3.05, 3.63) is 0 Å². The molecule has 31 heavy (non-hydrogen) atoms. The maximum atomic E-state index is 12.9. The van der Waals surface area contributed by atoms with E-state index in [-0.39, 0.29) is 36.2 Å². The van der Waals surface area contributed by atoms with Gasteiger partial charge in [-0.15, -0.1) is 0 Å². The highest BCUT2D eigenvalue weighted by molar-refractivity contribution is 5.75. The van der Waals surface area contributed by atoms with Crippen molar-refractivity contribution in [1.82, 2.24) is 9.80 Å². The minimum atomic E-state index is -0.596. The molecular formula is C24H40N2O5. The zero-order valence-electron chi connectivity index (χ0n) is 19.6. The van der Waals surface area contributed by atoms with Crippen LogP contribution in [0.3, 0.4) is 0 Å². The summed E-state index contributed by atoms with van der Waals surface area (Å²) in [7, 11) is 0. The average Bonchev–Trinajstić information content (AvgIpc) is 2.70. The second kappa shape index (κ2) is 8.89. The molecule has 2 aliphatic carbocycles. The lowest BCUT2D eigenvalue weighted by Gasteiger charge is -2.54. The van der Waals surface area contributed by atoms with E-state index in [0.717, 1.165) is 44.9 Å². The molecule has 3 unspecified atom stereocenters. The standard InChI is InChI=1S/C24H40N2O5/c1-15(2)31-23(28)25-12-16(3)26(17(4)27)21-10-7-19(11-22(21)25)18-5-8-20(9-6-18)24(29)13-30-14-24/h15-16,18-22,29H,5-14H2,1-4H3/t16-,18?,19?,20?,21?,22?/m0/s1. The van der Waals surface area contributed by atoms with Crippen molar-refractivity contribution >= 4 is 12.0 Å². The van der Waals surface area contributed by atoms with Crippen LogP contribution in [0.2, 0.25) is 0 Å². The molecular weight excluding hydrogens is 396 g/mol. The van der Waals surface area contributed by atoms with Gasteiger partial charge in [0.25, 0.3) is 0 Å². The van der Waals surface area contributed by atoms with E-state index in [2.05, 4.69) is 0 Å². The van der Waals surface area contributed by atoms with Gasteiger partial charge in [0.05, 0.1) is 31.4 Å². The second-order valence-corrected chi connectivity index (χ2v) is 10.8. The topological polar surface area (TPSA) is 79.3 Å². The van der Waals surface area contributed by atoms with Gasteiger partial charge in [0.15, 0.2) is 0 Å².